The number of nitrogens with one attached hydrogen (secondary N) is 1. The molecule has 1 amide bonds. The number of benzene rings is 1. The number of azide groups is 1. The van der Waals surface area contributed by atoms with Gasteiger partial charge in [0.25, 0.3) is 5.91 Å². The molecule has 0 bridgehead atoms. The van der Waals surface area contributed by atoms with E-state index in [0.717, 1.165) is 96.0 Å². The number of phenolic OH excluding ortho intramolecular Hbond substituents is 1. The fraction of sp³-hybridized carbons (Fsp3) is 0.875. The van der Waals surface area contributed by atoms with Gasteiger partial charge in [0.2, 0.25) is 0 Å². The molecule has 3 aliphatic carbocycles. The van der Waals surface area contributed by atoms with Crippen molar-refractivity contribution in [3.63, 3.8) is 0 Å². The Morgan fingerprint density at radius 2 is 1.09 bits per heavy atom. The van der Waals surface area contributed by atoms with Crippen LogP contribution in [0.3, 0.4) is 0 Å². The van der Waals surface area contributed by atoms with Gasteiger partial charge in [0.15, 0.2) is 30.3 Å². The van der Waals surface area contributed by atoms with Gasteiger partial charge >= 0.3 is 19.8 Å². The Balaban J connectivity index is 0.998. The van der Waals surface area contributed by atoms with E-state index < -0.39 is 173 Å². The van der Waals surface area contributed by atoms with E-state index in [1.807, 2.05) is 0 Å². The monoisotopic (exact) mass is 1450 g/mol. The quantitative estimate of drug-likeness (QED) is 0.00731. The number of carbonyl (C=O) groups is 3. The van der Waals surface area contributed by atoms with Crippen LogP contribution in [-0.4, -0.2) is 195 Å². The lowest BCUT2D eigenvalue weighted by Crippen LogP contribution is -2.69. The summed E-state index contributed by atoms with van der Waals surface area (Å²) in [6.45, 7) is 1.81. The Morgan fingerprint density at radius 1 is 0.614 bits per heavy atom. The first-order valence-corrected chi connectivity index (χ1v) is 39.9. The van der Waals surface area contributed by atoms with E-state index in [-0.39, 0.29) is 24.1 Å². The fourth-order valence-corrected chi connectivity index (χ4v) is 16.2. The topological polar surface area (TPSA) is 407 Å². The minimum Gasteiger partial charge on any atom is -0.507 e. The molecule has 28 nitrogen and oxygen atoms in total. The number of aliphatic hydroxyl groups excluding tert-OH is 5. The van der Waals surface area contributed by atoms with Crippen molar-refractivity contribution in [1.29, 1.82) is 0 Å². The number of nitrogens with two attached hydrogens (primary N) is 1. The zero-order chi connectivity index (χ0) is 72.2. The summed E-state index contributed by atoms with van der Waals surface area (Å²) in [6.07, 6.45) is 11.2. The molecule has 7 aliphatic rings. The second kappa shape index (κ2) is 42.6. The maximum Gasteiger partial charge on any atom is 0.472 e. The normalized spacial score (nSPS) is 30.6. The SMILES string of the molecule is CCCCCCCCCCCCCCCC(=O)OC[C@H](COP(=O)(O)O[C@H]1[C@H](O[C@H]2O[C@H](CNC(=O)c3ccc(N=[N+]=[N-])cc3O)[C@@H](O[C@H]3O[C@H](CO)[C@@H](O)[C@H](O)[C@@H]3O)[C@H](O)[C@H]2N)[C@H]2OC3(CCCCC3)O[C@@H]2[C@H]2OC3(CCCCC3)O[C@H]21)OC(=O)CCCCCCCCCCCCCCC. The van der Waals surface area contributed by atoms with Gasteiger partial charge in [0.1, 0.15) is 91.7 Å². The molecule has 101 heavy (non-hydrogen) atoms. The molecule has 3 saturated carbocycles. The molecule has 4 saturated heterocycles. The van der Waals surface area contributed by atoms with Crippen LogP contribution in [0.4, 0.5) is 5.69 Å². The highest BCUT2D eigenvalue weighted by Crippen LogP contribution is 2.56. The number of aromatic hydroxyl groups is 1. The molecule has 0 radical (unpaired) electrons. The van der Waals surface area contributed by atoms with Gasteiger partial charge in [0.05, 0.1) is 24.8 Å². The molecular weight excluding hydrogens is 1330 g/mol. The van der Waals surface area contributed by atoms with Crippen molar-refractivity contribution < 1.29 is 111 Å². The van der Waals surface area contributed by atoms with Gasteiger partial charge in [-0.05, 0) is 56.2 Å². The van der Waals surface area contributed by atoms with Crippen LogP contribution >= 0.6 is 7.82 Å². The Labute approximate surface area is 595 Å². The highest BCUT2D eigenvalue weighted by atomic mass is 31.2. The highest BCUT2D eigenvalue weighted by molar-refractivity contribution is 7.47. The van der Waals surface area contributed by atoms with Crippen LogP contribution in [0, 0.1) is 0 Å². The number of phenols is 1. The van der Waals surface area contributed by atoms with Gasteiger partial charge in [-0.3, -0.25) is 23.4 Å². The molecule has 18 atom stereocenters. The second-order valence-electron chi connectivity index (χ2n) is 29.0. The highest BCUT2D eigenvalue weighted by Gasteiger charge is 2.69. The first-order valence-electron chi connectivity index (χ1n) is 38.4. The van der Waals surface area contributed by atoms with E-state index in [9.17, 15) is 54.5 Å². The van der Waals surface area contributed by atoms with Crippen LogP contribution in [0.1, 0.15) is 268 Å². The van der Waals surface area contributed by atoms with E-state index >= 15 is 0 Å². The van der Waals surface area contributed by atoms with Crippen LogP contribution in [-0.2, 0) is 70.6 Å². The molecule has 576 valence electrons. The molecule has 0 aromatic heterocycles. The number of hydrogen-bond donors (Lipinski definition) is 9. The molecule has 4 heterocycles. The summed E-state index contributed by atoms with van der Waals surface area (Å²) < 4.78 is 91.8. The van der Waals surface area contributed by atoms with E-state index in [2.05, 4.69) is 29.2 Å². The minimum atomic E-state index is -5.40. The van der Waals surface area contributed by atoms with Gasteiger partial charge in [-0.15, -0.1) is 0 Å². The van der Waals surface area contributed by atoms with Crippen LogP contribution in [0.5, 0.6) is 5.75 Å². The van der Waals surface area contributed by atoms with Crippen LogP contribution in [0.15, 0.2) is 23.3 Å². The zero-order valence-corrected chi connectivity index (χ0v) is 60.7. The van der Waals surface area contributed by atoms with Gasteiger partial charge in [0, 0.05) is 55.7 Å². The Bertz CT molecular complexity index is 2720. The number of ether oxygens (including phenoxy) is 10. The van der Waals surface area contributed by atoms with E-state index in [1.165, 1.54) is 115 Å². The number of carbonyl (C=O) groups excluding carboxylic acids is 3. The fourth-order valence-electron chi connectivity index (χ4n) is 15.2. The van der Waals surface area contributed by atoms with Crippen molar-refractivity contribution in [3.8, 4) is 5.75 Å². The number of hydrogen-bond acceptors (Lipinski definition) is 24. The molecule has 1 unspecified atom stereocenters. The molecule has 10 N–H and O–H groups in total. The summed E-state index contributed by atoms with van der Waals surface area (Å²) in [5.74, 6) is -4.94. The number of fused-ring (bicyclic) bond motifs is 3. The van der Waals surface area contributed by atoms with Crippen molar-refractivity contribution >= 4 is 31.4 Å². The Kier molecular flexibility index (Phi) is 35.0. The maximum absolute atomic E-state index is 15.0. The number of amides is 1. The van der Waals surface area contributed by atoms with Crippen LogP contribution < -0.4 is 11.1 Å². The van der Waals surface area contributed by atoms with Gasteiger partial charge in [-0.1, -0.05) is 192 Å². The zero-order valence-electron chi connectivity index (χ0n) is 59.8. The molecule has 1 aromatic carbocycles. The second-order valence-corrected chi connectivity index (χ2v) is 30.4. The third-order valence-electron chi connectivity index (χ3n) is 21.0. The lowest BCUT2D eigenvalue weighted by molar-refractivity contribution is -0.352. The molecule has 8 rings (SSSR count). The number of aliphatic hydroxyl groups is 5. The van der Waals surface area contributed by atoms with Gasteiger partial charge in [-0.2, -0.15) is 0 Å². The number of esters is 2. The molecule has 29 heteroatoms. The minimum absolute atomic E-state index is 0.00719. The van der Waals surface area contributed by atoms with Crippen molar-refractivity contribution in [2.24, 2.45) is 10.8 Å². The number of phosphoric ester groups is 1. The third-order valence-corrected chi connectivity index (χ3v) is 21.9. The third kappa shape index (κ3) is 24.9. The number of nitrogens with zero attached hydrogens (tertiary/aromatic N) is 3. The largest absolute Gasteiger partial charge is 0.507 e. The average Bonchev–Trinajstić information content (AvgIpc) is 1.57. The smallest absolute Gasteiger partial charge is 0.472 e. The van der Waals surface area contributed by atoms with Crippen LogP contribution in [0.2, 0.25) is 0 Å². The predicted molar refractivity (Wildman–Crippen MR) is 369 cm³/mol. The lowest BCUT2D eigenvalue weighted by Gasteiger charge is -2.49. The first-order chi connectivity index (χ1) is 48.8. The van der Waals surface area contributed by atoms with Gasteiger partial charge in [-0.25, -0.2) is 4.57 Å². The number of phosphoric acid groups is 1. The molecular formula is C72H120N5O23P. The average molecular weight is 1450 g/mol. The summed E-state index contributed by atoms with van der Waals surface area (Å²) in [7, 11) is -5.40. The summed E-state index contributed by atoms with van der Waals surface area (Å²) in [6, 6.07) is 1.92. The van der Waals surface area contributed by atoms with E-state index in [0.29, 0.717) is 38.5 Å². The number of unbranched alkanes of at least 4 members (excludes halogenated alkanes) is 24. The van der Waals surface area contributed by atoms with Gasteiger partial charge < -0.3 is 94.0 Å². The Hall–Kier alpha value is -3.71. The molecule has 1 aromatic rings. The number of rotatable bonds is 45. The lowest BCUT2D eigenvalue weighted by atomic mass is 9.84. The van der Waals surface area contributed by atoms with Crippen LogP contribution in [0.25, 0.3) is 10.4 Å². The van der Waals surface area contributed by atoms with E-state index in [4.69, 9.17) is 67.7 Å². The van der Waals surface area contributed by atoms with Crippen molar-refractivity contribution in [1.82, 2.24) is 5.32 Å². The summed E-state index contributed by atoms with van der Waals surface area (Å²) >= 11 is 0. The van der Waals surface area contributed by atoms with Crippen molar-refractivity contribution in [2.75, 3.05) is 26.4 Å². The molecule has 2 spiro atoms. The van der Waals surface area contributed by atoms with E-state index in [1.54, 1.807) is 0 Å². The summed E-state index contributed by atoms with van der Waals surface area (Å²) in [4.78, 5) is 55.7. The summed E-state index contributed by atoms with van der Waals surface area (Å²) in [5, 5.41) is 71.8. The predicted octanol–water partition coefficient (Wildman–Crippen LogP) is 10.9. The molecule has 7 fully saturated rings. The molecule has 4 aliphatic heterocycles. The first kappa shape index (κ1) is 82.9. The Morgan fingerprint density at radius 3 is 1.59 bits per heavy atom. The van der Waals surface area contributed by atoms with Crippen molar-refractivity contribution in [2.45, 2.75) is 373 Å². The standard InChI is InChI=1S/C72H120N5O23P/c1-3-5-7-9-11-13-15-17-19-21-23-25-29-35-54(80)89-46-49(91-55(81)36-30-26-24-22-20-18-16-14-12-10-8-6-4-2)47-90-101(87,88)100-67-62(63-64(97-71(96-63)39-31-27-32-40-71)65-66(67)99-72(98-65)41-33-28-34-42-72)95-69-56(73)58(83)61(94-70-60(85)59(84)57(82)53(45-78)93-70)52(92-69)44-75-68(86)50-38-37-48(76-77-74)43-51(50)79/h37-38,43,49,52-53,56-67,69-70,78-79,82-85H,3-36,39-42,44-47,73H2,1-2H3,(H,75,86)(H,87,88)/t49-,52-,53-,56-,57-,58-,59+,60+,61-,62-,63-,64+,65-,66-,67+,69-,70-/m1/s1. The summed E-state index contributed by atoms with van der Waals surface area (Å²) in [5.41, 5.74) is 15.6. The maximum atomic E-state index is 15.0. The van der Waals surface area contributed by atoms with Crippen molar-refractivity contribution in [3.05, 3.63) is 34.2 Å².